The molecule has 3 nitrogen and oxygen atoms in total. The second-order valence-electron chi connectivity index (χ2n) is 4.24. The lowest BCUT2D eigenvalue weighted by Gasteiger charge is -2.14. The summed E-state index contributed by atoms with van der Waals surface area (Å²) in [4.78, 5) is 2.93. The van der Waals surface area contributed by atoms with E-state index in [2.05, 4.69) is 4.99 Å². The number of halogens is 6. The maximum Gasteiger partial charge on any atom is 0.400 e. The molecule has 0 amide bonds. The van der Waals surface area contributed by atoms with Crippen LogP contribution in [-0.4, -0.2) is 35.4 Å². The number of alkyl halides is 5. The minimum absolute atomic E-state index is 0.0256. The number of hydrogen-bond donors (Lipinski definition) is 1. The number of benzene rings is 1. The molecular formula is C12H12F6N2OS. The fourth-order valence-corrected chi connectivity index (χ4v) is 2.69. The molecule has 1 unspecified atom stereocenters. The minimum atomic E-state index is -4.67. The maximum atomic E-state index is 13.7. The van der Waals surface area contributed by atoms with Crippen LogP contribution < -0.4 is 5.32 Å². The number of nitrogens with one attached hydrogen (secondary N) is 1. The molecule has 0 fully saturated rings. The SMILES string of the molecule is CN=C(Nc1cc(S(=O)CC(F)(F)F)c(C)cc1F)C(F)F. The van der Waals surface area contributed by atoms with Gasteiger partial charge in [0.2, 0.25) is 0 Å². The van der Waals surface area contributed by atoms with Crippen molar-refractivity contribution in [3.05, 3.63) is 23.5 Å². The van der Waals surface area contributed by atoms with Crippen molar-refractivity contribution in [3.63, 3.8) is 0 Å². The highest BCUT2D eigenvalue weighted by atomic mass is 32.2. The number of aryl methyl sites for hydroxylation is 1. The summed E-state index contributed by atoms with van der Waals surface area (Å²) in [7, 11) is -1.42. The van der Waals surface area contributed by atoms with E-state index < -0.39 is 46.5 Å². The summed E-state index contributed by atoms with van der Waals surface area (Å²) in [5, 5.41) is 1.99. The van der Waals surface area contributed by atoms with Crippen LogP contribution in [0.25, 0.3) is 0 Å². The normalized spacial score (nSPS) is 14.3. The van der Waals surface area contributed by atoms with E-state index in [9.17, 15) is 30.6 Å². The van der Waals surface area contributed by atoms with Crippen LogP contribution in [-0.2, 0) is 10.8 Å². The summed E-state index contributed by atoms with van der Waals surface area (Å²) < 4.78 is 87.3. The van der Waals surface area contributed by atoms with Gasteiger partial charge in [-0.1, -0.05) is 0 Å². The van der Waals surface area contributed by atoms with Crippen molar-refractivity contribution < 1.29 is 30.6 Å². The van der Waals surface area contributed by atoms with E-state index in [-0.39, 0.29) is 10.5 Å². The third-order valence-electron chi connectivity index (χ3n) is 2.52. The maximum absolute atomic E-state index is 13.7. The van der Waals surface area contributed by atoms with Crippen LogP contribution in [0.3, 0.4) is 0 Å². The predicted molar refractivity (Wildman–Crippen MR) is 71.5 cm³/mol. The van der Waals surface area contributed by atoms with Crippen LogP contribution in [0.1, 0.15) is 5.56 Å². The molecule has 22 heavy (non-hydrogen) atoms. The Labute approximate surface area is 124 Å². The van der Waals surface area contributed by atoms with Gasteiger partial charge >= 0.3 is 6.18 Å². The van der Waals surface area contributed by atoms with E-state index in [1.807, 2.05) is 5.32 Å². The third kappa shape index (κ3) is 5.00. The van der Waals surface area contributed by atoms with Crippen LogP contribution in [0.5, 0.6) is 0 Å². The van der Waals surface area contributed by atoms with Gasteiger partial charge in [-0.3, -0.25) is 9.20 Å². The smallest absolute Gasteiger partial charge is 0.337 e. The largest absolute Gasteiger partial charge is 0.400 e. The number of anilines is 1. The summed E-state index contributed by atoms with van der Waals surface area (Å²) >= 11 is 0. The van der Waals surface area contributed by atoms with Crippen LogP contribution in [0, 0.1) is 12.7 Å². The van der Waals surface area contributed by atoms with Crippen molar-refractivity contribution in [2.24, 2.45) is 4.99 Å². The zero-order chi connectivity index (χ0) is 17.1. The molecule has 124 valence electrons. The van der Waals surface area contributed by atoms with Crippen molar-refractivity contribution in [2.45, 2.75) is 24.4 Å². The first-order chi connectivity index (χ1) is 10.0. The van der Waals surface area contributed by atoms with Gasteiger partial charge in [-0.2, -0.15) is 13.2 Å². The zero-order valence-corrected chi connectivity index (χ0v) is 12.3. The number of nitrogens with zero attached hydrogens (tertiary/aromatic N) is 1. The molecule has 0 saturated carbocycles. The molecule has 0 saturated heterocycles. The van der Waals surface area contributed by atoms with E-state index in [1.165, 1.54) is 6.92 Å². The summed E-state index contributed by atoms with van der Waals surface area (Å²) in [5.41, 5.74) is -0.491. The summed E-state index contributed by atoms with van der Waals surface area (Å²) in [6.07, 6.45) is -7.69. The van der Waals surface area contributed by atoms with Crippen LogP contribution in [0.15, 0.2) is 22.0 Å². The van der Waals surface area contributed by atoms with E-state index >= 15 is 0 Å². The Bertz CT molecular complexity index is 600. The van der Waals surface area contributed by atoms with Gasteiger partial charge in [-0.25, -0.2) is 13.2 Å². The Kier molecular flexibility index (Phi) is 5.98. The first-order valence-electron chi connectivity index (χ1n) is 5.82. The van der Waals surface area contributed by atoms with Gasteiger partial charge in [0, 0.05) is 11.9 Å². The molecule has 1 atom stereocenters. The molecule has 0 aromatic heterocycles. The molecule has 1 rings (SSSR count). The fourth-order valence-electron chi connectivity index (χ4n) is 1.57. The number of aliphatic imine (C=N–C) groups is 1. The van der Waals surface area contributed by atoms with Crippen LogP contribution >= 0.6 is 0 Å². The molecule has 0 aliphatic rings. The molecule has 0 radical (unpaired) electrons. The highest BCUT2D eigenvalue weighted by Gasteiger charge is 2.32. The lowest BCUT2D eigenvalue weighted by Crippen LogP contribution is -2.22. The first kappa shape index (κ1) is 18.5. The Balaban J connectivity index is 3.17. The van der Waals surface area contributed by atoms with Crippen molar-refractivity contribution >= 4 is 22.3 Å². The average molecular weight is 346 g/mol. The van der Waals surface area contributed by atoms with Crippen molar-refractivity contribution in [1.82, 2.24) is 0 Å². The van der Waals surface area contributed by atoms with E-state index in [0.717, 1.165) is 19.2 Å². The number of hydrogen-bond acceptors (Lipinski definition) is 2. The van der Waals surface area contributed by atoms with Gasteiger partial charge in [0.05, 0.1) is 16.5 Å². The number of amidine groups is 1. The van der Waals surface area contributed by atoms with E-state index in [0.29, 0.717) is 0 Å². The molecule has 1 N–H and O–H groups in total. The molecule has 10 heteroatoms. The van der Waals surface area contributed by atoms with Gasteiger partial charge in [-0.05, 0) is 24.6 Å². The topological polar surface area (TPSA) is 41.5 Å². The second-order valence-corrected chi connectivity index (χ2v) is 5.66. The minimum Gasteiger partial charge on any atom is -0.337 e. The monoisotopic (exact) mass is 346 g/mol. The highest BCUT2D eigenvalue weighted by molar-refractivity contribution is 7.85. The third-order valence-corrected chi connectivity index (χ3v) is 4.03. The lowest BCUT2D eigenvalue weighted by molar-refractivity contribution is -0.105. The summed E-state index contributed by atoms with van der Waals surface area (Å²) in [5.74, 6) is -3.43. The van der Waals surface area contributed by atoms with Crippen LogP contribution in [0.2, 0.25) is 0 Å². The van der Waals surface area contributed by atoms with E-state index in [4.69, 9.17) is 0 Å². The van der Waals surface area contributed by atoms with E-state index in [1.54, 1.807) is 0 Å². The second kappa shape index (κ2) is 7.12. The van der Waals surface area contributed by atoms with Gasteiger partial charge in [0.15, 0.2) is 5.84 Å². The lowest BCUT2D eigenvalue weighted by atomic mass is 10.2. The molecule has 0 spiro atoms. The van der Waals surface area contributed by atoms with Crippen molar-refractivity contribution in [2.75, 3.05) is 18.1 Å². The molecule has 0 aliphatic carbocycles. The quantitative estimate of drug-likeness (QED) is 0.515. The summed E-state index contributed by atoms with van der Waals surface area (Å²) in [6.45, 7) is 1.28. The van der Waals surface area contributed by atoms with Gasteiger partial charge < -0.3 is 5.32 Å². The molecule has 0 aliphatic heterocycles. The molecule has 1 aromatic carbocycles. The Hall–Kier alpha value is -1.58. The van der Waals surface area contributed by atoms with Gasteiger partial charge in [0.25, 0.3) is 6.43 Å². The Morgan fingerprint density at radius 1 is 1.36 bits per heavy atom. The molecule has 0 heterocycles. The molecular weight excluding hydrogens is 334 g/mol. The average Bonchev–Trinajstić information content (AvgIpc) is 2.35. The first-order valence-corrected chi connectivity index (χ1v) is 7.14. The summed E-state index contributed by atoms with van der Waals surface area (Å²) in [6, 6.07) is 1.64. The molecule has 1 aromatic rings. The predicted octanol–water partition coefficient (Wildman–Crippen LogP) is 3.51. The van der Waals surface area contributed by atoms with Crippen LogP contribution in [0.4, 0.5) is 32.0 Å². The van der Waals surface area contributed by atoms with Crippen molar-refractivity contribution in [1.29, 1.82) is 0 Å². The standard InChI is InChI=1S/C12H12F6N2OS/c1-6-3-7(13)8(20-11(19-2)10(14)15)4-9(6)22(21)5-12(16,17)18/h3-4,10H,5H2,1-2H3,(H,19,20). The van der Waals surface area contributed by atoms with Crippen molar-refractivity contribution in [3.8, 4) is 0 Å². The zero-order valence-electron chi connectivity index (χ0n) is 11.5. The Morgan fingerprint density at radius 2 is 1.95 bits per heavy atom. The fraction of sp³-hybridized carbons (Fsp3) is 0.417. The Morgan fingerprint density at radius 3 is 2.41 bits per heavy atom. The molecule has 0 bridgehead atoms. The van der Waals surface area contributed by atoms with Gasteiger partial charge in [0.1, 0.15) is 11.6 Å². The highest BCUT2D eigenvalue weighted by Crippen LogP contribution is 2.26. The van der Waals surface area contributed by atoms with Gasteiger partial charge in [-0.15, -0.1) is 0 Å². The number of rotatable bonds is 4.